The normalized spacial score (nSPS) is 10.3. The number of aryl methyl sites for hydroxylation is 2. The minimum Gasteiger partial charge on any atom is -0.322 e. The topological polar surface area (TPSA) is 29.1 Å². The van der Waals surface area contributed by atoms with E-state index < -0.39 is 0 Å². The minimum absolute atomic E-state index is 0.341. The van der Waals surface area contributed by atoms with Crippen molar-refractivity contribution in [2.24, 2.45) is 0 Å². The lowest BCUT2D eigenvalue weighted by Crippen LogP contribution is -2.14. The molecule has 0 atom stereocenters. The van der Waals surface area contributed by atoms with Gasteiger partial charge in [-0.2, -0.15) is 0 Å². The van der Waals surface area contributed by atoms with Gasteiger partial charge in [-0.15, -0.1) is 0 Å². The van der Waals surface area contributed by atoms with E-state index in [-0.39, 0.29) is 17.5 Å². The third-order valence-electron chi connectivity index (χ3n) is 2.87. The van der Waals surface area contributed by atoms with Crippen molar-refractivity contribution in [1.82, 2.24) is 0 Å². The number of halogens is 2. The Balaban J connectivity index is 2.25. The summed E-state index contributed by atoms with van der Waals surface area (Å²) in [6.45, 7) is 3.37. The number of hydrogen-bond donors (Lipinski definition) is 1. The van der Waals surface area contributed by atoms with Crippen LogP contribution in [0.2, 0.25) is 0 Å². The zero-order valence-electron chi connectivity index (χ0n) is 10.6. The Hall–Kier alpha value is -2.23. The number of carbonyl (C=O) groups excluding carboxylic acids is 1. The summed E-state index contributed by atoms with van der Waals surface area (Å²) in [7, 11) is 0. The molecule has 0 heterocycles. The molecule has 0 aliphatic rings. The predicted molar refractivity (Wildman–Crippen MR) is 70.2 cm³/mol. The third-order valence-corrected chi connectivity index (χ3v) is 2.87. The zero-order chi connectivity index (χ0) is 14.0. The second-order valence-corrected chi connectivity index (χ2v) is 4.37. The molecule has 2 nitrogen and oxygen atoms in total. The van der Waals surface area contributed by atoms with E-state index in [0.717, 1.165) is 0 Å². The third kappa shape index (κ3) is 2.96. The Morgan fingerprint density at radius 3 is 2.11 bits per heavy atom. The lowest BCUT2D eigenvalue weighted by molar-refractivity contribution is 0.102. The highest BCUT2D eigenvalue weighted by Gasteiger charge is 2.11. The van der Waals surface area contributed by atoms with Crippen molar-refractivity contribution in [3.8, 4) is 0 Å². The van der Waals surface area contributed by atoms with Crippen LogP contribution < -0.4 is 5.32 Å². The molecule has 0 spiro atoms. The van der Waals surface area contributed by atoms with Crippen molar-refractivity contribution in [2.75, 3.05) is 5.32 Å². The van der Waals surface area contributed by atoms with Crippen LogP contribution in [0, 0.1) is 25.5 Å². The summed E-state index contributed by atoms with van der Waals surface area (Å²) in [5.74, 6) is -1.08. The van der Waals surface area contributed by atoms with Gasteiger partial charge in [-0.1, -0.05) is 0 Å². The molecule has 4 heteroatoms. The molecule has 0 unspecified atom stereocenters. The number of anilines is 1. The first-order valence-corrected chi connectivity index (χ1v) is 5.81. The summed E-state index contributed by atoms with van der Waals surface area (Å²) in [4.78, 5) is 12.1. The summed E-state index contributed by atoms with van der Waals surface area (Å²) >= 11 is 0. The lowest BCUT2D eigenvalue weighted by Gasteiger charge is -2.10. The highest BCUT2D eigenvalue weighted by atomic mass is 19.1. The van der Waals surface area contributed by atoms with Gasteiger partial charge in [0.05, 0.1) is 0 Å². The number of nitrogens with one attached hydrogen (secondary N) is 1. The number of carbonyl (C=O) groups is 1. The highest BCUT2D eigenvalue weighted by Crippen LogP contribution is 2.18. The van der Waals surface area contributed by atoms with Crippen molar-refractivity contribution < 1.29 is 13.6 Å². The van der Waals surface area contributed by atoms with Gasteiger partial charge in [0, 0.05) is 11.3 Å². The van der Waals surface area contributed by atoms with Crippen molar-refractivity contribution in [3.63, 3.8) is 0 Å². The van der Waals surface area contributed by atoms with Gasteiger partial charge in [-0.3, -0.25) is 4.79 Å². The average molecular weight is 261 g/mol. The van der Waals surface area contributed by atoms with Crippen LogP contribution in [0.15, 0.2) is 36.4 Å². The van der Waals surface area contributed by atoms with Crippen LogP contribution in [0.3, 0.4) is 0 Å². The molecule has 0 fully saturated rings. The molecular weight excluding hydrogens is 248 g/mol. The highest BCUT2D eigenvalue weighted by molar-refractivity contribution is 6.05. The second-order valence-electron chi connectivity index (χ2n) is 4.37. The van der Waals surface area contributed by atoms with E-state index in [1.54, 1.807) is 13.8 Å². The van der Waals surface area contributed by atoms with Gasteiger partial charge in [0.25, 0.3) is 5.91 Å². The van der Waals surface area contributed by atoms with Gasteiger partial charge in [0.1, 0.15) is 11.6 Å². The van der Waals surface area contributed by atoms with Crippen LogP contribution in [-0.2, 0) is 0 Å². The molecule has 98 valence electrons. The fourth-order valence-corrected chi connectivity index (χ4v) is 1.84. The van der Waals surface area contributed by atoms with Crippen molar-refractivity contribution in [1.29, 1.82) is 0 Å². The summed E-state index contributed by atoms with van der Waals surface area (Å²) in [6, 6.07) is 8.08. The van der Waals surface area contributed by atoms with Crippen molar-refractivity contribution >= 4 is 11.6 Å². The standard InChI is InChI=1S/C15H13F2NO/c1-9-7-11(16)3-5-13(9)15(19)18-14-6-4-12(17)8-10(14)2/h3-8H,1-2H3,(H,18,19). The summed E-state index contributed by atoms with van der Waals surface area (Å²) < 4.78 is 25.9. The summed E-state index contributed by atoms with van der Waals surface area (Å²) in [5, 5.41) is 2.69. The molecule has 0 saturated heterocycles. The molecule has 1 amide bonds. The van der Waals surface area contributed by atoms with Crippen LogP contribution in [0.5, 0.6) is 0 Å². The molecule has 0 radical (unpaired) electrons. The fraction of sp³-hybridized carbons (Fsp3) is 0.133. The van der Waals surface area contributed by atoms with Crippen molar-refractivity contribution in [3.05, 3.63) is 64.7 Å². The Bertz CT molecular complexity index is 638. The Morgan fingerprint density at radius 1 is 0.947 bits per heavy atom. The number of amides is 1. The van der Waals surface area contributed by atoms with Crippen LogP contribution in [0.1, 0.15) is 21.5 Å². The minimum atomic E-state index is -0.382. The van der Waals surface area contributed by atoms with Gasteiger partial charge in [-0.05, 0) is 61.4 Å². The predicted octanol–water partition coefficient (Wildman–Crippen LogP) is 3.83. The van der Waals surface area contributed by atoms with Crippen molar-refractivity contribution in [2.45, 2.75) is 13.8 Å². The largest absolute Gasteiger partial charge is 0.322 e. The van der Waals surface area contributed by atoms with Crippen LogP contribution in [0.25, 0.3) is 0 Å². The Labute approximate surface area is 110 Å². The first-order chi connectivity index (χ1) is 8.97. The lowest BCUT2D eigenvalue weighted by atomic mass is 10.1. The number of hydrogen-bond acceptors (Lipinski definition) is 1. The van der Waals surface area contributed by atoms with Gasteiger partial charge in [0.2, 0.25) is 0 Å². The Kier molecular flexibility index (Phi) is 3.60. The first-order valence-electron chi connectivity index (χ1n) is 5.81. The smallest absolute Gasteiger partial charge is 0.255 e. The van der Waals surface area contributed by atoms with Crippen LogP contribution in [-0.4, -0.2) is 5.91 Å². The molecule has 0 bridgehead atoms. The van der Waals surface area contributed by atoms with E-state index in [0.29, 0.717) is 22.4 Å². The number of rotatable bonds is 2. The molecule has 0 aromatic heterocycles. The second kappa shape index (κ2) is 5.18. The van der Waals surface area contributed by atoms with E-state index in [1.165, 1.54) is 36.4 Å². The molecule has 1 N–H and O–H groups in total. The Morgan fingerprint density at radius 2 is 1.53 bits per heavy atom. The maximum Gasteiger partial charge on any atom is 0.255 e. The molecule has 0 saturated carbocycles. The van der Waals surface area contributed by atoms with Crippen LogP contribution in [0.4, 0.5) is 14.5 Å². The van der Waals surface area contributed by atoms with Gasteiger partial charge in [0.15, 0.2) is 0 Å². The fourth-order valence-electron chi connectivity index (χ4n) is 1.84. The number of benzene rings is 2. The molecule has 0 aliphatic carbocycles. The maximum absolute atomic E-state index is 13.0. The molecule has 2 aromatic rings. The van der Waals surface area contributed by atoms with E-state index in [1.807, 2.05) is 0 Å². The summed E-state index contributed by atoms with van der Waals surface area (Å²) in [6.07, 6.45) is 0. The first kappa shape index (κ1) is 13.2. The van der Waals surface area contributed by atoms with Gasteiger partial charge >= 0.3 is 0 Å². The monoisotopic (exact) mass is 261 g/mol. The maximum atomic E-state index is 13.0. The molecule has 0 aliphatic heterocycles. The van der Waals surface area contributed by atoms with E-state index in [4.69, 9.17) is 0 Å². The zero-order valence-corrected chi connectivity index (χ0v) is 10.6. The van der Waals surface area contributed by atoms with Gasteiger partial charge in [-0.25, -0.2) is 8.78 Å². The quantitative estimate of drug-likeness (QED) is 0.874. The van der Waals surface area contributed by atoms with E-state index in [9.17, 15) is 13.6 Å². The molecule has 19 heavy (non-hydrogen) atoms. The SMILES string of the molecule is Cc1cc(F)ccc1NC(=O)c1ccc(F)cc1C. The van der Waals surface area contributed by atoms with Crippen LogP contribution >= 0.6 is 0 Å². The summed E-state index contributed by atoms with van der Waals surface area (Å²) in [5.41, 5.74) is 2.12. The van der Waals surface area contributed by atoms with E-state index >= 15 is 0 Å². The van der Waals surface area contributed by atoms with Gasteiger partial charge < -0.3 is 5.32 Å². The van der Waals surface area contributed by atoms with E-state index in [2.05, 4.69) is 5.32 Å². The average Bonchev–Trinajstić information content (AvgIpc) is 2.32. The molecular formula is C15H13F2NO. The molecule has 2 aromatic carbocycles. The molecule has 2 rings (SSSR count).